The Bertz CT molecular complexity index is 744. The summed E-state index contributed by atoms with van der Waals surface area (Å²) in [7, 11) is -1.97. The van der Waals surface area contributed by atoms with Gasteiger partial charge in [-0.15, -0.1) is 0 Å². The molecule has 1 fully saturated rings. The van der Waals surface area contributed by atoms with Gasteiger partial charge in [0.2, 0.25) is 5.54 Å². The second kappa shape index (κ2) is 11.8. The molecule has 0 saturated carbocycles. The summed E-state index contributed by atoms with van der Waals surface area (Å²) in [5.41, 5.74) is -1.66. The lowest BCUT2D eigenvalue weighted by atomic mass is 9.89. The topological polar surface area (TPSA) is 82.1 Å². The van der Waals surface area contributed by atoms with Crippen molar-refractivity contribution in [2.75, 3.05) is 26.4 Å². The maximum Gasteiger partial charge on any atom is 0.411 e. The van der Waals surface area contributed by atoms with Crippen LogP contribution in [0.25, 0.3) is 0 Å². The quantitative estimate of drug-likeness (QED) is 0.146. The van der Waals surface area contributed by atoms with Crippen LogP contribution in [-0.2, 0) is 23.5 Å². The molecule has 0 aromatic heterocycles. The van der Waals surface area contributed by atoms with Crippen molar-refractivity contribution in [2.24, 2.45) is 10.8 Å². The summed E-state index contributed by atoms with van der Waals surface area (Å²) < 4.78 is 17.4. The van der Waals surface area contributed by atoms with Crippen LogP contribution in [-0.4, -0.2) is 63.0 Å². The number of hydrogen-bond donors (Lipinski definition) is 0. The van der Waals surface area contributed by atoms with Gasteiger partial charge >= 0.3 is 12.1 Å². The molecule has 0 spiro atoms. The Kier molecular flexibility index (Phi) is 10.6. The highest BCUT2D eigenvalue weighted by Gasteiger charge is 2.57. The molecular formula is C27H51NO6Si. The first kappa shape index (κ1) is 31.6. The van der Waals surface area contributed by atoms with Crippen molar-refractivity contribution in [3.8, 4) is 0 Å². The lowest BCUT2D eigenvalue weighted by Crippen LogP contribution is -2.58. The Hall–Kier alpha value is -1.41. The molecule has 0 aromatic rings. The van der Waals surface area contributed by atoms with Gasteiger partial charge in [-0.25, -0.2) is 9.59 Å². The fourth-order valence-corrected chi connectivity index (χ4v) is 4.66. The predicted molar refractivity (Wildman–Crippen MR) is 142 cm³/mol. The van der Waals surface area contributed by atoms with Crippen LogP contribution in [0, 0.1) is 10.8 Å². The second-order valence-electron chi connectivity index (χ2n) is 13.8. The third kappa shape index (κ3) is 9.19. The summed E-state index contributed by atoms with van der Waals surface area (Å²) in [6, 6.07) is 0. The SMILES string of the molecule is CC(C)(C)CCOC(=O)N1CCC(=O)C1(CCCO[Si](C)(C)C(C)(C)C)C(=O)OCCC(C)(C)C. The van der Waals surface area contributed by atoms with Crippen molar-refractivity contribution >= 4 is 26.2 Å². The van der Waals surface area contributed by atoms with Crippen molar-refractivity contribution in [1.82, 2.24) is 4.90 Å². The molecule has 0 aliphatic carbocycles. The molecular weight excluding hydrogens is 462 g/mol. The summed E-state index contributed by atoms with van der Waals surface area (Å²) in [5.74, 6) is -0.928. The van der Waals surface area contributed by atoms with E-state index in [-0.39, 0.29) is 54.3 Å². The normalized spacial score (nSPS) is 19.7. The Morgan fingerprint density at radius 2 is 1.40 bits per heavy atom. The molecule has 1 amide bonds. The molecule has 7 nitrogen and oxygen atoms in total. The average molecular weight is 514 g/mol. The highest BCUT2D eigenvalue weighted by molar-refractivity contribution is 6.74. The Balaban J connectivity index is 3.05. The van der Waals surface area contributed by atoms with Crippen LogP contribution < -0.4 is 0 Å². The molecule has 1 unspecified atom stereocenters. The molecule has 0 aromatic carbocycles. The lowest BCUT2D eigenvalue weighted by Gasteiger charge is -2.37. The fourth-order valence-electron chi connectivity index (χ4n) is 3.57. The summed E-state index contributed by atoms with van der Waals surface area (Å²) in [5, 5.41) is 0.0582. The number of hydrogen-bond acceptors (Lipinski definition) is 6. The summed E-state index contributed by atoms with van der Waals surface area (Å²) in [6.45, 7) is 24.3. The number of carbonyl (C=O) groups excluding carboxylic acids is 3. The molecule has 1 atom stereocenters. The Morgan fingerprint density at radius 1 is 0.886 bits per heavy atom. The van der Waals surface area contributed by atoms with Gasteiger partial charge in [0.25, 0.3) is 0 Å². The first-order chi connectivity index (χ1) is 15.7. The first-order valence-corrected chi connectivity index (χ1v) is 15.9. The maximum absolute atomic E-state index is 13.4. The van der Waals surface area contributed by atoms with E-state index in [0.29, 0.717) is 25.9 Å². The van der Waals surface area contributed by atoms with Gasteiger partial charge in [0.1, 0.15) is 0 Å². The highest BCUT2D eigenvalue weighted by Crippen LogP contribution is 2.38. The first-order valence-electron chi connectivity index (χ1n) is 13.0. The number of esters is 1. The van der Waals surface area contributed by atoms with E-state index < -0.39 is 25.9 Å². The molecule has 0 bridgehead atoms. The minimum atomic E-state index is -1.97. The standard InChI is InChI=1S/C27H51NO6Si/c1-24(2,3)15-19-32-22(30)27(14-12-18-34-35(10,11)26(7,8)9)21(29)13-17-28(27)23(31)33-20-16-25(4,5)6/h12-20H2,1-11H3. The van der Waals surface area contributed by atoms with Crippen LogP contribution >= 0.6 is 0 Å². The molecule has 204 valence electrons. The zero-order valence-electron chi connectivity index (χ0n) is 24.3. The Morgan fingerprint density at radius 3 is 1.89 bits per heavy atom. The fraction of sp³-hybridized carbons (Fsp3) is 0.889. The van der Waals surface area contributed by atoms with E-state index in [1.54, 1.807) is 0 Å². The van der Waals surface area contributed by atoms with Gasteiger partial charge in [0.05, 0.1) is 13.2 Å². The predicted octanol–water partition coefficient (Wildman–Crippen LogP) is 6.35. The number of amides is 1. The van der Waals surface area contributed by atoms with Crippen molar-refractivity contribution in [3.63, 3.8) is 0 Å². The lowest BCUT2D eigenvalue weighted by molar-refractivity contribution is -0.160. The largest absolute Gasteiger partial charge is 0.464 e. The molecule has 0 radical (unpaired) electrons. The number of likely N-dealkylation sites (tertiary alicyclic amines) is 1. The average Bonchev–Trinajstić information content (AvgIpc) is 2.99. The van der Waals surface area contributed by atoms with Crippen LogP contribution in [0.1, 0.15) is 94.4 Å². The summed E-state index contributed by atoms with van der Waals surface area (Å²) >= 11 is 0. The van der Waals surface area contributed by atoms with Gasteiger partial charge in [-0.1, -0.05) is 62.3 Å². The van der Waals surface area contributed by atoms with E-state index >= 15 is 0 Å². The van der Waals surface area contributed by atoms with E-state index in [2.05, 4.69) is 75.4 Å². The Labute approximate surface area is 214 Å². The van der Waals surface area contributed by atoms with E-state index in [0.717, 1.165) is 0 Å². The van der Waals surface area contributed by atoms with Gasteiger partial charge < -0.3 is 13.9 Å². The third-order valence-electron chi connectivity index (χ3n) is 7.16. The smallest absolute Gasteiger partial charge is 0.411 e. The number of ether oxygens (including phenoxy) is 2. The summed E-state index contributed by atoms with van der Waals surface area (Å²) in [6.07, 6.45) is 1.48. The maximum atomic E-state index is 13.4. The van der Waals surface area contributed by atoms with Gasteiger partial charge in [-0.2, -0.15) is 0 Å². The number of nitrogens with zero attached hydrogens (tertiary/aromatic N) is 1. The number of carbonyl (C=O) groups is 3. The third-order valence-corrected chi connectivity index (χ3v) is 11.7. The van der Waals surface area contributed by atoms with E-state index in [9.17, 15) is 14.4 Å². The van der Waals surface area contributed by atoms with Crippen molar-refractivity contribution in [3.05, 3.63) is 0 Å². The highest BCUT2D eigenvalue weighted by atomic mass is 28.4. The minimum absolute atomic E-state index is 0.00513. The molecule has 1 saturated heterocycles. The van der Waals surface area contributed by atoms with Crippen molar-refractivity contribution in [2.45, 2.75) is 118 Å². The van der Waals surface area contributed by atoms with Crippen LogP contribution in [0.5, 0.6) is 0 Å². The molecule has 1 heterocycles. The monoisotopic (exact) mass is 513 g/mol. The van der Waals surface area contributed by atoms with Gasteiger partial charge in [-0.3, -0.25) is 9.69 Å². The van der Waals surface area contributed by atoms with Crippen molar-refractivity contribution < 1.29 is 28.3 Å². The number of Topliss-reactive ketones (excluding diaryl/α,β-unsaturated/α-hetero) is 1. The van der Waals surface area contributed by atoms with Gasteiger partial charge in [0, 0.05) is 19.6 Å². The number of ketones is 1. The van der Waals surface area contributed by atoms with Gasteiger partial charge in [-0.05, 0) is 54.6 Å². The van der Waals surface area contributed by atoms with E-state index in [4.69, 9.17) is 13.9 Å². The summed E-state index contributed by atoms with van der Waals surface area (Å²) in [4.78, 5) is 41.0. The van der Waals surface area contributed by atoms with Gasteiger partial charge in [0.15, 0.2) is 14.1 Å². The zero-order chi connectivity index (χ0) is 27.3. The molecule has 8 heteroatoms. The second-order valence-corrected chi connectivity index (χ2v) is 18.6. The number of rotatable bonds is 10. The molecule has 35 heavy (non-hydrogen) atoms. The minimum Gasteiger partial charge on any atom is -0.464 e. The molecule has 1 aliphatic rings. The van der Waals surface area contributed by atoms with Crippen molar-refractivity contribution in [1.29, 1.82) is 0 Å². The van der Waals surface area contributed by atoms with E-state index in [1.807, 2.05) is 0 Å². The van der Waals surface area contributed by atoms with Crippen LogP contribution in [0.2, 0.25) is 18.1 Å². The molecule has 1 aliphatic heterocycles. The zero-order valence-corrected chi connectivity index (χ0v) is 25.3. The molecule has 1 rings (SSSR count). The van der Waals surface area contributed by atoms with E-state index in [1.165, 1.54) is 4.90 Å². The van der Waals surface area contributed by atoms with Crippen LogP contribution in [0.3, 0.4) is 0 Å². The molecule has 0 N–H and O–H groups in total. The van der Waals surface area contributed by atoms with Crippen LogP contribution in [0.4, 0.5) is 4.79 Å². The van der Waals surface area contributed by atoms with Crippen LogP contribution in [0.15, 0.2) is 0 Å².